The van der Waals surface area contributed by atoms with Gasteiger partial charge in [0.1, 0.15) is 5.52 Å². The number of rotatable bonds is 2. The SMILES string of the molecule is Cn1cnc2cc(C(=O)N3CCC(C(C)(C)O)C3)cnc21. The van der Waals surface area contributed by atoms with Crippen molar-refractivity contribution in [2.24, 2.45) is 13.0 Å². The van der Waals surface area contributed by atoms with E-state index in [2.05, 4.69) is 9.97 Å². The molecule has 0 aliphatic carbocycles. The Bertz CT molecular complexity index is 687. The number of hydrogen-bond acceptors (Lipinski definition) is 4. The Morgan fingerprint density at radius 3 is 2.86 bits per heavy atom. The van der Waals surface area contributed by atoms with Crippen LogP contribution < -0.4 is 0 Å². The van der Waals surface area contributed by atoms with Crippen molar-refractivity contribution >= 4 is 17.1 Å². The molecule has 6 heteroatoms. The zero-order valence-corrected chi connectivity index (χ0v) is 12.6. The van der Waals surface area contributed by atoms with Crippen molar-refractivity contribution in [2.45, 2.75) is 25.9 Å². The van der Waals surface area contributed by atoms with Crippen LogP contribution in [0.2, 0.25) is 0 Å². The molecule has 6 nitrogen and oxygen atoms in total. The Balaban J connectivity index is 1.81. The van der Waals surface area contributed by atoms with Crippen molar-refractivity contribution in [1.29, 1.82) is 0 Å². The Labute approximate surface area is 123 Å². The Morgan fingerprint density at radius 1 is 1.43 bits per heavy atom. The molecule has 3 heterocycles. The molecule has 2 aromatic heterocycles. The van der Waals surface area contributed by atoms with E-state index in [1.807, 2.05) is 11.6 Å². The Kier molecular flexibility index (Phi) is 3.20. The molecule has 1 atom stereocenters. The van der Waals surface area contributed by atoms with E-state index in [1.54, 1.807) is 37.3 Å². The van der Waals surface area contributed by atoms with Gasteiger partial charge in [-0.2, -0.15) is 0 Å². The lowest BCUT2D eigenvalue weighted by molar-refractivity contribution is 0.0211. The van der Waals surface area contributed by atoms with Crippen molar-refractivity contribution in [3.63, 3.8) is 0 Å². The maximum Gasteiger partial charge on any atom is 0.255 e. The van der Waals surface area contributed by atoms with Crippen LogP contribution in [0.5, 0.6) is 0 Å². The van der Waals surface area contributed by atoms with Gasteiger partial charge < -0.3 is 14.6 Å². The molecular weight excluding hydrogens is 268 g/mol. The number of nitrogens with zero attached hydrogens (tertiary/aromatic N) is 4. The molecule has 1 aliphatic heterocycles. The van der Waals surface area contributed by atoms with Gasteiger partial charge in [-0.15, -0.1) is 0 Å². The molecular formula is C15H20N4O2. The summed E-state index contributed by atoms with van der Waals surface area (Å²) in [6.07, 6.45) is 4.12. The lowest BCUT2D eigenvalue weighted by Crippen LogP contribution is -2.35. The second-order valence-electron chi connectivity index (χ2n) is 6.31. The van der Waals surface area contributed by atoms with Gasteiger partial charge in [-0.05, 0) is 26.3 Å². The van der Waals surface area contributed by atoms with Gasteiger partial charge in [0, 0.05) is 32.3 Å². The highest BCUT2D eigenvalue weighted by Gasteiger charge is 2.35. The van der Waals surface area contributed by atoms with E-state index < -0.39 is 5.60 Å². The van der Waals surface area contributed by atoms with Gasteiger partial charge in [-0.1, -0.05) is 0 Å². The number of carbonyl (C=O) groups is 1. The molecule has 1 saturated heterocycles. The first-order valence-electron chi connectivity index (χ1n) is 7.15. The van der Waals surface area contributed by atoms with Gasteiger partial charge in [0.15, 0.2) is 5.65 Å². The predicted octanol–water partition coefficient (Wildman–Crippen LogP) is 1.20. The second-order valence-corrected chi connectivity index (χ2v) is 6.31. The first-order valence-corrected chi connectivity index (χ1v) is 7.15. The maximum atomic E-state index is 12.5. The number of aromatic nitrogens is 3. The average molecular weight is 288 g/mol. The summed E-state index contributed by atoms with van der Waals surface area (Å²) in [5.74, 6) is 0.0785. The van der Waals surface area contributed by atoms with Crippen LogP contribution in [-0.4, -0.2) is 49.1 Å². The van der Waals surface area contributed by atoms with Crippen LogP contribution in [0.1, 0.15) is 30.6 Å². The minimum atomic E-state index is -0.752. The number of pyridine rings is 1. The van der Waals surface area contributed by atoms with Gasteiger partial charge in [-0.3, -0.25) is 4.79 Å². The van der Waals surface area contributed by atoms with E-state index in [0.717, 1.165) is 17.6 Å². The fourth-order valence-electron chi connectivity index (χ4n) is 2.84. The first kappa shape index (κ1) is 14.0. The molecule has 0 saturated carbocycles. The lowest BCUT2D eigenvalue weighted by atomic mass is 9.90. The molecule has 0 bridgehead atoms. The fourth-order valence-corrected chi connectivity index (χ4v) is 2.84. The number of hydrogen-bond donors (Lipinski definition) is 1. The smallest absolute Gasteiger partial charge is 0.255 e. The number of fused-ring (bicyclic) bond motifs is 1. The summed E-state index contributed by atoms with van der Waals surface area (Å²) in [5.41, 5.74) is 1.29. The standard InChI is InChI=1S/C15H20N4O2/c1-15(2,21)11-4-5-19(8-11)14(20)10-6-12-13(16-7-10)18(3)9-17-12/h6-7,9,11,21H,4-5,8H2,1-3H3. The van der Waals surface area contributed by atoms with Crippen LogP contribution in [0, 0.1) is 5.92 Å². The number of aryl methyl sites for hydroxylation is 1. The van der Waals surface area contributed by atoms with Crippen molar-refractivity contribution in [2.75, 3.05) is 13.1 Å². The predicted molar refractivity (Wildman–Crippen MR) is 78.8 cm³/mol. The van der Waals surface area contributed by atoms with Gasteiger partial charge in [0.2, 0.25) is 0 Å². The quantitative estimate of drug-likeness (QED) is 0.901. The zero-order valence-electron chi connectivity index (χ0n) is 12.6. The molecule has 3 rings (SSSR count). The number of likely N-dealkylation sites (tertiary alicyclic amines) is 1. The molecule has 1 amide bonds. The van der Waals surface area contributed by atoms with Crippen molar-refractivity contribution in [3.8, 4) is 0 Å². The normalized spacial score (nSPS) is 19.4. The largest absolute Gasteiger partial charge is 0.390 e. The van der Waals surface area contributed by atoms with Gasteiger partial charge in [-0.25, -0.2) is 9.97 Å². The summed E-state index contributed by atoms with van der Waals surface area (Å²) in [6, 6.07) is 1.78. The number of aliphatic hydroxyl groups is 1. The van der Waals surface area contributed by atoms with E-state index in [-0.39, 0.29) is 11.8 Å². The summed E-state index contributed by atoms with van der Waals surface area (Å²) in [6.45, 7) is 4.86. The molecule has 0 aromatic carbocycles. The highest BCUT2D eigenvalue weighted by Crippen LogP contribution is 2.28. The van der Waals surface area contributed by atoms with E-state index in [1.165, 1.54) is 0 Å². The highest BCUT2D eigenvalue weighted by molar-refractivity contribution is 5.96. The monoisotopic (exact) mass is 288 g/mol. The molecule has 1 N–H and O–H groups in total. The zero-order chi connectivity index (χ0) is 15.2. The fraction of sp³-hybridized carbons (Fsp3) is 0.533. The minimum Gasteiger partial charge on any atom is -0.390 e. The molecule has 21 heavy (non-hydrogen) atoms. The van der Waals surface area contributed by atoms with Gasteiger partial charge in [0.05, 0.1) is 17.5 Å². The first-order chi connectivity index (χ1) is 9.86. The number of carbonyl (C=O) groups excluding carboxylic acids is 1. The van der Waals surface area contributed by atoms with E-state index >= 15 is 0 Å². The molecule has 0 radical (unpaired) electrons. The van der Waals surface area contributed by atoms with Crippen LogP contribution >= 0.6 is 0 Å². The lowest BCUT2D eigenvalue weighted by Gasteiger charge is -2.25. The van der Waals surface area contributed by atoms with Crippen molar-refractivity contribution in [1.82, 2.24) is 19.4 Å². The third-order valence-corrected chi connectivity index (χ3v) is 4.27. The topological polar surface area (TPSA) is 71.2 Å². The summed E-state index contributed by atoms with van der Waals surface area (Å²) < 4.78 is 1.82. The third kappa shape index (κ3) is 2.51. The molecule has 1 fully saturated rings. The molecule has 112 valence electrons. The van der Waals surface area contributed by atoms with Crippen molar-refractivity contribution in [3.05, 3.63) is 24.2 Å². The summed E-state index contributed by atoms with van der Waals surface area (Å²) in [5, 5.41) is 10.1. The van der Waals surface area contributed by atoms with E-state index in [9.17, 15) is 9.90 Å². The molecule has 0 spiro atoms. The van der Waals surface area contributed by atoms with E-state index in [4.69, 9.17) is 0 Å². The van der Waals surface area contributed by atoms with Gasteiger partial charge >= 0.3 is 0 Å². The van der Waals surface area contributed by atoms with Crippen LogP contribution in [0.3, 0.4) is 0 Å². The number of amides is 1. The van der Waals surface area contributed by atoms with Crippen LogP contribution in [0.4, 0.5) is 0 Å². The Hall–Kier alpha value is -1.95. The van der Waals surface area contributed by atoms with Gasteiger partial charge in [0.25, 0.3) is 5.91 Å². The summed E-state index contributed by atoms with van der Waals surface area (Å²) in [4.78, 5) is 22.9. The van der Waals surface area contributed by atoms with Crippen LogP contribution in [0.15, 0.2) is 18.6 Å². The molecule has 2 aromatic rings. The van der Waals surface area contributed by atoms with Crippen molar-refractivity contribution < 1.29 is 9.90 Å². The number of imidazole rings is 1. The Morgan fingerprint density at radius 2 is 2.19 bits per heavy atom. The van der Waals surface area contributed by atoms with Crippen LogP contribution in [-0.2, 0) is 7.05 Å². The molecule has 1 aliphatic rings. The highest BCUT2D eigenvalue weighted by atomic mass is 16.3. The molecule has 1 unspecified atom stereocenters. The van der Waals surface area contributed by atoms with E-state index in [0.29, 0.717) is 18.7 Å². The summed E-state index contributed by atoms with van der Waals surface area (Å²) in [7, 11) is 1.87. The van der Waals surface area contributed by atoms with Crippen LogP contribution in [0.25, 0.3) is 11.2 Å². The summed E-state index contributed by atoms with van der Waals surface area (Å²) >= 11 is 0. The average Bonchev–Trinajstić information content (AvgIpc) is 3.05. The second kappa shape index (κ2) is 4.80. The maximum absolute atomic E-state index is 12.5. The minimum absolute atomic E-state index is 0.0400. The third-order valence-electron chi connectivity index (χ3n) is 4.27.